The van der Waals surface area contributed by atoms with Gasteiger partial charge in [-0.1, -0.05) is 23.2 Å². The Kier molecular flexibility index (Phi) is 11.8. The molecule has 1 saturated carbocycles. The molecule has 9 nitrogen and oxygen atoms in total. The van der Waals surface area contributed by atoms with Gasteiger partial charge >= 0.3 is 18.5 Å². The number of likely N-dealkylation sites (tertiary alicyclic amines) is 1. The summed E-state index contributed by atoms with van der Waals surface area (Å²) in [7, 11) is -3.84. The van der Waals surface area contributed by atoms with Crippen molar-refractivity contribution in [2.24, 2.45) is 5.92 Å². The van der Waals surface area contributed by atoms with E-state index < -0.39 is 51.1 Å². The first-order valence-electron chi connectivity index (χ1n) is 13.0. The van der Waals surface area contributed by atoms with E-state index in [1.54, 1.807) is 6.07 Å². The van der Waals surface area contributed by atoms with Crippen molar-refractivity contribution in [3.63, 3.8) is 0 Å². The molecule has 1 aliphatic heterocycles. The Labute approximate surface area is 262 Å². The maximum Gasteiger partial charge on any atom is 0.573 e. The number of hydrogen-bond acceptors (Lipinski definition) is 7. The lowest BCUT2D eigenvalue weighted by Crippen LogP contribution is -2.35. The van der Waals surface area contributed by atoms with Gasteiger partial charge in [0.15, 0.2) is 0 Å². The van der Waals surface area contributed by atoms with E-state index in [9.17, 15) is 43.9 Å². The van der Waals surface area contributed by atoms with Crippen LogP contribution in [0.2, 0.25) is 10.0 Å². The zero-order valence-corrected chi connectivity index (χ0v) is 25.2. The van der Waals surface area contributed by atoms with Crippen molar-refractivity contribution in [1.29, 1.82) is 0 Å². The number of benzene rings is 2. The number of ether oxygens (including phenoxy) is 2. The number of carbonyl (C=O) groups is 2. The number of rotatable bonds is 9. The zero-order chi connectivity index (χ0) is 33.7. The SMILES string of the molecule is O=C(NS(=O)(=O)C1CC1)c1cc(Cl)c(OCC2CCN(Cc3cc(Cl)cc(OC(F)(F)F)c3)CC2)cc1F.O=C(O)C(F)(F)F. The average molecular weight is 713 g/mol. The van der Waals surface area contributed by atoms with Gasteiger partial charge in [-0.2, -0.15) is 13.2 Å². The number of carboxylic acid groups (broad SMARTS) is 1. The molecule has 19 heteroatoms. The maximum absolute atomic E-state index is 14.6. The molecular weight excluding hydrogens is 688 g/mol. The number of piperidine rings is 1. The van der Waals surface area contributed by atoms with Gasteiger partial charge < -0.3 is 14.6 Å². The molecule has 0 spiro atoms. The van der Waals surface area contributed by atoms with E-state index in [0.717, 1.165) is 18.2 Å². The number of amides is 1. The van der Waals surface area contributed by atoms with Crippen molar-refractivity contribution in [2.45, 2.75) is 50.0 Å². The Morgan fingerprint density at radius 3 is 2.11 bits per heavy atom. The summed E-state index contributed by atoms with van der Waals surface area (Å²) in [6.07, 6.45) is -7.56. The second-order valence-corrected chi connectivity index (χ2v) is 12.9. The van der Waals surface area contributed by atoms with Crippen LogP contribution in [-0.4, -0.2) is 67.8 Å². The second-order valence-electron chi connectivity index (χ2n) is 10.1. The number of alkyl halides is 6. The lowest BCUT2D eigenvalue weighted by molar-refractivity contribution is -0.274. The fourth-order valence-electron chi connectivity index (χ4n) is 4.14. The minimum atomic E-state index is -5.08. The van der Waals surface area contributed by atoms with E-state index in [1.807, 2.05) is 4.72 Å². The summed E-state index contributed by atoms with van der Waals surface area (Å²) in [6, 6.07) is 5.98. The summed E-state index contributed by atoms with van der Waals surface area (Å²) in [6.45, 7) is 1.91. The van der Waals surface area contributed by atoms with Crippen LogP contribution in [0.5, 0.6) is 11.5 Å². The molecule has 0 radical (unpaired) electrons. The number of aliphatic carboxylic acids is 1. The van der Waals surface area contributed by atoms with Gasteiger partial charge in [0, 0.05) is 17.6 Å². The molecule has 1 aliphatic carbocycles. The molecule has 0 bridgehead atoms. The molecule has 1 saturated heterocycles. The number of carbonyl (C=O) groups excluding carboxylic acids is 1. The van der Waals surface area contributed by atoms with Gasteiger partial charge in [-0.15, -0.1) is 13.2 Å². The van der Waals surface area contributed by atoms with Gasteiger partial charge in [-0.25, -0.2) is 22.3 Å². The third-order valence-electron chi connectivity index (χ3n) is 6.46. The molecule has 1 amide bonds. The molecule has 2 aromatic carbocycles. The number of nitrogens with one attached hydrogen (secondary N) is 1. The van der Waals surface area contributed by atoms with Crippen LogP contribution in [0.3, 0.4) is 0 Å². The van der Waals surface area contributed by atoms with Crippen LogP contribution in [0.4, 0.5) is 30.7 Å². The Balaban J connectivity index is 0.000000707. The normalized spacial score (nSPS) is 16.4. The summed E-state index contributed by atoms with van der Waals surface area (Å²) in [5.41, 5.74) is 0.0902. The third kappa shape index (κ3) is 11.7. The maximum atomic E-state index is 14.6. The van der Waals surface area contributed by atoms with Crippen molar-refractivity contribution >= 4 is 45.1 Å². The first kappa shape index (κ1) is 36.4. The molecule has 0 aromatic heterocycles. The smallest absolute Gasteiger partial charge is 0.492 e. The topological polar surface area (TPSA) is 122 Å². The summed E-state index contributed by atoms with van der Waals surface area (Å²) < 4.78 is 119. The van der Waals surface area contributed by atoms with E-state index in [-0.39, 0.29) is 34.1 Å². The number of halogens is 9. The van der Waals surface area contributed by atoms with E-state index in [1.165, 1.54) is 6.07 Å². The Morgan fingerprint density at radius 2 is 1.58 bits per heavy atom. The van der Waals surface area contributed by atoms with Crippen LogP contribution in [0, 0.1) is 11.7 Å². The molecule has 0 atom stereocenters. The summed E-state index contributed by atoms with van der Waals surface area (Å²) in [5.74, 6) is -5.04. The highest BCUT2D eigenvalue weighted by Crippen LogP contribution is 2.32. The molecule has 2 aliphatic rings. The number of hydrogen-bond donors (Lipinski definition) is 2. The minimum absolute atomic E-state index is 0.0318. The zero-order valence-electron chi connectivity index (χ0n) is 22.9. The van der Waals surface area contributed by atoms with Crippen LogP contribution >= 0.6 is 23.2 Å². The monoisotopic (exact) mass is 712 g/mol. The van der Waals surface area contributed by atoms with Crippen molar-refractivity contribution in [1.82, 2.24) is 9.62 Å². The molecule has 0 unspecified atom stereocenters. The first-order chi connectivity index (χ1) is 20.7. The van der Waals surface area contributed by atoms with Crippen molar-refractivity contribution in [3.8, 4) is 11.5 Å². The highest BCUT2D eigenvalue weighted by atomic mass is 35.5. The van der Waals surface area contributed by atoms with E-state index in [4.69, 9.17) is 37.8 Å². The van der Waals surface area contributed by atoms with Gasteiger partial charge in [0.1, 0.15) is 17.3 Å². The van der Waals surface area contributed by atoms with Crippen molar-refractivity contribution < 1.29 is 63.3 Å². The van der Waals surface area contributed by atoms with Crippen LogP contribution in [0.25, 0.3) is 0 Å². The van der Waals surface area contributed by atoms with Crippen LogP contribution in [0.1, 0.15) is 41.6 Å². The molecule has 45 heavy (non-hydrogen) atoms. The van der Waals surface area contributed by atoms with Crippen molar-refractivity contribution in [3.05, 3.63) is 57.3 Å². The molecule has 1 heterocycles. The lowest BCUT2D eigenvalue weighted by Gasteiger charge is -2.32. The first-order valence-corrected chi connectivity index (χ1v) is 15.3. The molecule has 4 rings (SSSR count). The largest absolute Gasteiger partial charge is 0.573 e. The summed E-state index contributed by atoms with van der Waals surface area (Å²) in [5, 5.41) is 6.60. The quantitative estimate of drug-likeness (QED) is 0.296. The van der Waals surface area contributed by atoms with E-state index in [2.05, 4.69) is 9.64 Å². The minimum Gasteiger partial charge on any atom is -0.492 e. The van der Waals surface area contributed by atoms with Gasteiger partial charge in [-0.3, -0.25) is 9.69 Å². The fraction of sp³-hybridized carbons (Fsp3) is 0.462. The summed E-state index contributed by atoms with van der Waals surface area (Å²) in [4.78, 5) is 23.2. The van der Waals surface area contributed by atoms with Gasteiger partial charge in [-0.05, 0) is 74.5 Å². The van der Waals surface area contributed by atoms with E-state index in [0.29, 0.717) is 50.9 Å². The standard InChI is InChI=1S/C24H24Cl2F4N2O5S.C2HF3O2/c25-16-7-15(8-17(9-16)37-24(28,29)30)12-32-5-3-14(4-6-32)13-36-22-11-21(27)19(10-20(22)26)23(33)31-38(34,35)18-1-2-18;3-2(4,5)1(6)7/h7-11,14,18H,1-6,12-13H2,(H,31,33);(H,6,7). The van der Waals surface area contributed by atoms with Gasteiger partial charge in [0.2, 0.25) is 10.0 Å². The third-order valence-corrected chi connectivity index (χ3v) is 8.79. The highest BCUT2D eigenvalue weighted by molar-refractivity contribution is 7.91. The summed E-state index contributed by atoms with van der Waals surface area (Å²) >= 11 is 12.1. The Bertz CT molecular complexity index is 1500. The number of carboxylic acids is 1. The van der Waals surface area contributed by atoms with Crippen LogP contribution in [-0.2, 0) is 21.4 Å². The molecule has 2 aromatic rings. The highest BCUT2D eigenvalue weighted by Gasteiger charge is 2.38. The van der Waals surface area contributed by atoms with Crippen LogP contribution in [0.15, 0.2) is 30.3 Å². The molecule has 250 valence electrons. The average Bonchev–Trinajstić information content (AvgIpc) is 3.74. The number of nitrogens with zero attached hydrogens (tertiary/aromatic N) is 1. The fourth-order valence-corrected chi connectivity index (χ4v) is 5.90. The van der Waals surface area contributed by atoms with Gasteiger partial charge in [0.05, 0.1) is 22.4 Å². The molecular formula is C26H25Cl2F7N2O7S. The number of sulfonamides is 1. The predicted molar refractivity (Wildman–Crippen MR) is 146 cm³/mol. The van der Waals surface area contributed by atoms with Gasteiger partial charge in [0.25, 0.3) is 5.91 Å². The second kappa shape index (κ2) is 14.6. The lowest BCUT2D eigenvalue weighted by atomic mass is 9.97. The van der Waals surface area contributed by atoms with Crippen LogP contribution < -0.4 is 14.2 Å². The van der Waals surface area contributed by atoms with Crippen molar-refractivity contribution in [2.75, 3.05) is 19.7 Å². The van der Waals surface area contributed by atoms with E-state index >= 15 is 0 Å². The predicted octanol–water partition coefficient (Wildman–Crippen LogP) is 6.18. The Hall–Kier alpha value is -3.02. The Morgan fingerprint density at radius 1 is 0.978 bits per heavy atom. The molecule has 2 fully saturated rings. The molecule has 2 N–H and O–H groups in total.